The standard InChI is InChI=1S/C16H23NOS/c1-12(17-11-16(19-2)7-3-8-16)13-4-5-15-14(10-13)6-9-18-15/h4-5,10,12,17H,3,6-9,11H2,1-2H3. The number of benzene rings is 1. The van der Waals surface area contributed by atoms with Gasteiger partial charge in [-0.1, -0.05) is 18.6 Å². The Morgan fingerprint density at radius 2 is 2.26 bits per heavy atom. The molecule has 0 bridgehead atoms. The lowest BCUT2D eigenvalue weighted by Gasteiger charge is -2.41. The smallest absolute Gasteiger partial charge is 0.122 e. The summed E-state index contributed by atoms with van der Waals surface area (Å²) >= 11 is 2.03. The molecule has 1 aromatic carbocycles. The van der Waals surface area contributed by atoms with E-state index in [0.717, 1.165) is 25.3 Å². The molecule has 2 nitrogen and oxygen atoms in total. The fourth-order valence-electron chi connectivity index (χ4n) is 2.96. The van der Waals surface area contributed by atoms with Gasteiger partial charge >= 0.3 is 0 Å². The van der Waals surface area contributed by atoms with Crippen LogP contribution in [-0.2, 0) is 6.42 Å². The van der Waals surface area contributed by atoms with Crippen LogP contribution < -0.4 is 10.1 Å². The highest BCUT2D eigenvalue weighted by molar-refractivity contribution is 8.00. The van der Waals surface area contributed by atoms with Crippen LogP contribution in [0.2, 0.25) is 0 Å². The first-order valence-electron chi connectivity index (χ1n) is 7.27. The lowest BCUT2D eigenvalue weighted by molar-refractivity contribution is 0.334. The van der Waals surface area contributed by atoms with Crippen molar-refractivity contribution in [1.29, 1.82) is 0 Å². The van der Waals surface area contributed by atoms with Crippen LogP contribution >= 0.6 is 11.8 Å². The van der Waals surface area contributed by atoms with E-state index in [2.05, 4.69) is 36.7 Å². The minimum atomic E-state index is 0.426. The number of nitrogens with one attached hydrogen (secondary N) is 1. The van der Waals surface area contributed by atoms with Gasteiger partial charge in [0.25, 0.3) is 0 Å². The zero-order chi connectivity index (χ0) is 13.3. The Morgan fingerprint density at radius 3 is 2.95 bits per heavy atom. The predicted molar refractivity (Wildman–Crippen MR) is 82.2 cm³/mol. The molecule has 0 amide bonds. The Morgan fingerprint density at radius 1 is 1.42 bits per heavy atom. The summed E-state index contributed by atoms with van der Waals surface area (Å²) in [6.45, 7) is 4.24. The number of rotatable bonds is 5. The van der Waals surface area contributed by atoms with Crippen molar-refractivity contribution >= 4 is 11.8 Å². The third-order valence-corrected chi connectivity index (χ3v) is 6.06. The summed E-state index contributed by atoms with van der Waals surface area (Å²) in [6.07, 6.45) is 7.44. The molecule has 1 unspecified atom stereocenters. The Bertz CT molecular complexity index is 451. The lowest BCUT2D eigenvalue weighted by atomic mass is 9.84. The average Bonchev–Trinajstić information content (AvgIpc) is 2.84. The topological polar surface area (TPSA) is 21.3 Å². The van der Waals surface area contributed by atoms with Crippen LogP contribution in [0, 0.1) is 0 Å². The van der Waals surface area contributed by atoms with Crippen molar-refractivity contribution in [2.24, 2.45) is 0 Å². The number of hydrogen-bond acceptors (Lipinski definition) is 3. The van der Waals surface area contributed by atoms with Crippen molar-refractivity contribution < 1.29 is 4.74 Å². The summed E-state index contributed by atoms with van der Waals surface area (Å²) in [7, 11) is 0. The lowest BCUT2D eigenvalue weighted by Crippen LogP contribution is -2.44. The first-order valence-corrected chi connectivity index (χ1v) is 8.49. The minimum absolute atomic E-state index is 0.426. The van der Waals surface area contributed by atoms with Gasteiger partial charge in [-0.2, -0.15) is 11.8 Å². The second-order valence-electron chi connectivity index (χ2n) is 5.81. The van der Waals surface area contributed by atoms with Crippen LogP contribution in [-0.4, -0.2) is 24.2 Å². The van der Waals surface area contributed by atoms with E-state index in [1.807, 2.05) is 11.8 Å². The molecule has 0 spiro atoms. The fourth-order valence-corrected chi connectivity index (χ4v) is 3.88. The Kier molecular flexibility index (Phi) is 3.77. The molecule has 0 radical (unpaired) electrons. The molecule has 1 heterocycles. The minimum Gasteiger partial charge on any atom is -0.493 e. The molecule has 1 atom stereocenters. The zero-order valence-electron chi connectivity index (χ0n) is 11.9. The monoisotopic (exact) mass is 277 g/mol. The Balaban J connectivity index is 1.62. The van der Waals surface area contributed by atoms with Crippen molar-refractivity contribution in [1.82, 2.24) is 5.32 Å². The molecule has 1 saturated carbocycles. The third kappa shape index (κ3) is 2.63. The second kappa shape index (κ2) is 5.37. The van der Waals surface area contributed by atoms with Crippen LogP contribution in [0.25, 0.3) is 0 Å². The molecule has 1 aliphatic carbocycles. The third-order valence-electron chi connectivity index (χ3n) is 4.64. The number of ether oxygens (including phenoxy) is 1. The van der Waals surface area contributed by atoms with E-state index in [1.165, 1.54) is 30.4 Å². The van der Waals surface area contributed by atoms with E-state index in [-0.39, 0.29) is 0 Å². The molecule has 1 aliphatic heterocycles. The fraction of sp³-hybridized carbons (Fsp3) is 0.625. The molecule has 0 saturated heterocycles. The van der Waals surface area contributed by atoms with Gasteiger partial charge in [-0.05, 0) is 43.2 Å². The SMILES string of the molecule is CSC1(CNC(C)c2ccc3c(c2)CCO3)CCC1. The first-order chi connectivity index (χ1) is 9.22. The van der Waals surface area contributed by atoms with Gasteiger partial charge in [-0.25, -0.2) is 0 Å². The van der Waals surface area contributed by atoms with Crippen molar-refractivity contribution in [3.05, 3.63) is 29.3 Å². The molecular formula is C16H23NOS. The largest absolute Gasteiger partial charge is 0.493 e. The maximum Gasteiger partial charge on any atom is 0.122 e. The van der Waals surface area contributed by atoms with Gasteiger partial charge in [-0.3, -0.25) is 0 Å². The number of thioether (sulfide) groups is 1. The molecular weight excluding hydrogens is 254 g/mol. The van der Waals surface area contributed by atoms with Crippen molar-refractivity contribution in [3.8, 4) is 5.75 Å². The van der Waals surface area contributed by atoms with Gasteiger partial charge in [0, 0.05) is 23.8 Å². The molecule has 0 aromatic heterocycles. The van der Waals surface area contributed by atoms with Gasteiger partial charge < -0.3 is 10.1 Å². The van der Waals surface area contributed by atoms with E-state index in [9.17, 15) is 0 Å². The second-order valence-corrected chi connectivity index (χ2v) is 7.08. The average molecular weight is 277 g/mol. The molecule has 3 heteroatoms. The summed E-state index contributed by atoms with van der Waals surface area (Å²) < 4.78 is 6.08. The highest BCUT2D eigenvalue weighted by Gasteiger charge is 2.36. The summed E-state index contributed by atoms with van der Waals surface area (Å²) in [5, 5.41) is 3.72. The highest BCUT2D eigenvalue weighted by atomic mass is 32.2. The number of fused-ring (bicyclic) bond motifs is 1. The van der Waals surface area contributed by atoms with Crippen LogP contribution in [0.15, 0.2) is 18.2 Å². The van der Waals surface area contributed by atoms with Crippen LogP contribution in [0.3, 0.4) is 0 Å². The molecule has 1 N–H and O–H groups in total. The first kappa shape index (κ1) is 13.3. The maximum atomic E-state index is 5.57. The maximum absolute atomic E-state index is 5.57. The normalized spacial score (nSPS) is 21.4. The van der Waals surface area contributed by atoms with E-state index < -0.39 is 0 Å². The van der Waals surface area contributed by atoms with E-state index >= 15 is 0 Å². The quantitative estimate of drug-likeness (QED) is 0.889. The zero-order valence-corrected chi connectivity index (χ0v) is 12.7. The van der Waals surface area contributed by atoms with Crippen LogP contribution in [0.5, 0.6) is 5.75 Å². The summed E-state index contributed by atoms with van der Waals surface area (Å²) in [5.74, 6) is 1.08. The van der Waals surface area contributed by atoms with Gasteiger partial charge in [0.15, 0.2) is 0 Å². The van der Waals surface area contributed by atoms with E-state index in [1.54, 1.807) is 0 Å². The van der Waals surface area contributed by atoms with Crippen LogP contribution in [0.4, 0.5) is 0 Å². The van der Waals surface area contributed by atoms with E-state index in [4.69, 9.17) is 4.74 Å². The Hall–Kier alpha value is -0.670. The van der Waals surface area contributed by atoms with Gasteiger partial charge in [-0.15, -0.1) is 0 Å². The van der Waals surface area contributed by atoms with E-state index in [0.29, 0.717) is 10.8 Å². The summed E-state index contributed by atoms with van der Waals surface area (Å²) in [4.78, 5) is 0. The van der Waals surface area contributed by atoms with Crippen molar-refractivity contribution in [3.63, 3.8) is 0 Å². The molecule has 1 aromatic rings. The van der Waals surface area contributed by atoms with Crippen molar-refractivity contribution in [2.45, 2.75) is 43.4 Å². The van der Waals surface area contributed by atoms with Gasteiger partial charge in [0.2, 0.25) is 0 Å². The molecule has 104 valence electrons. The Labute approximate surface area is 120 Å². The van der Waals surface area contributed by atoms with Crippen molar-refractivity contribution in [2.75, 3.05) is 19.4 Å². The number of hydrogen-bond donors (Lipinski definition) is 1. The van der Waals surface area contributed by atoms with Gasteiger partial charge in [0.05, 0.1) is 6.61 Å². The molecule has 2 aliphatic rings. The van der Waals surface area contributed by atoms with Gasteiger partial charge in [0.1, 0.15) is 5.75 Å². The summed E-state index contributed by atoms with van der Waals surface area (Å²) in [5.41, 5.74) is 2.76. The molecule has 3 rings (SSSR count). The summed E-state index contributed by atoms with van der Waals surface area (Å²) in [6, 6.07) is 7.07. The highest BCUT2D eigenvalue weighted by Crippen LogP contribution is 2.42. The molecule has 1 fully saturated rings. The van der Waals surface area contributed by atoms with Crippen LogP contribution in [0.1, 0.15) is 43.4 Å². The molecule has 19 heavy (non-hydrogen) atoms. The predicted octanol–water partition coefficient (Wildman–Crippen LogP) is 3.56.